The maximum Gasteiger partial charge on any atom is 0.0409 e. The van der Waals surface area contributed by atoms with Crippen LogP contribution in [-0.4, -0.2) is 7.05 Å². The van der Waals surface area contributed by atoms with Gasteiger partial charge in [0.15, 0.2) is 0 Å². The van der Waals surface area contributed by atoms with Crippen molar-refractivity contribution >= 4 is 11.6 Å². The van der Waals surface area contributed by atoms with Gasteiger partial charge in [0.2, 0.25) is 0 Å². The van der Waals surface area contributed by atoms with Crippen molar-refractivity contribution in [3.63, 3.8) is 0 Å². The molecule has 0 saturated carbocycles. The van der Waals surface area contributed by atoms with Crippen molar-refractivity contribution in [1.29, 1.82) is 0 Å². The predicted octanol–water partition coefficient (Wildman–Crippen LogP) is 4.34. The SMILES string of the molecule is CNCc1cc(Cl)ccc1-c1ccc(C)cc1C. The van der Waals surface area contributed by atoms with Crippen molar-refractivity contribution in [2.45, 2.75) is 20.4 Å². The van der Waals surface area contributed by atoms with Gasteiger partial charge < -0.3 is 5.32 Å². The maximum atomic E-state index is 6.08. The van der Waals surface area contributed by atoms with Gasteiger partial charge in [-0.1, -0.05) is 41.4 Å². The van der Waals surface area contributed by atoms with Crippen LogP contribution in [0, 0.1) is 13.8 Å². The second kappa shape index (κ2) is 5.55. The van der Waals surface area contributed by atoms with Crippen molar-refractivity contribution in [3.05, 3.63) is 58.1 Å². The fourth-order valence-corrected chi connectivity index (χ4v) is 2.47. The summed E-state index contributed by atoms with van der Waals surface area (Å²) >= 11 is 6.08. The highest BCUT2D eigenvalue weighted by Gasteiger charge is 2.08. The fraction of sp³-hybridized carbons (Fsp3) is 0.250. The minimum Gasteiger partial charge on any atom is -0.316 e. The topological polar surface area (TPSA) is 12.0 Å². The maximum absolute atomic E-state index is 6.08. The molecule has 0 bridgehead atoms. The van der Waals surface area contributed by atoms with Crippen molar-refractivity contribution in [1.82, 2.24) is 5.32 Å². The molecule has 2 aromatic rings. The van der Waals surface area contributed by atoms with Crippen molar-refractivity contribution in [2.75, 3.05) is 7.05 Å². The minimum atomic E-state index is 0.786. The highest BCUT2D eigenvalue weighted by Crippen LogP contribution is 2.29. The van der Waals surface area contributed by atoms with E-state index in [0.717, 1.165) is 11.6 Å². The van der Waals surface area contributed by atoms with E-state index in [1.165, 1.54) is 27.8 Å². The summed E-state index contributed by atoms with van der Waals surface area (Å²) in [6.45, 7) is 5.09. The molecule has 0 unspecified atom stereocenters. The average molecular weight is 260 g/mol. The zero-order valence-electron chi connectivity index (χ0n) is 11.0. The Morgan fingerprint density at radius 3 is 2.39 bits per heavy atom. The van der Waals surface area contributed by atoms with E-state index in [4.69, 9.17) is 11.6 Å². The van der Waals surface area contributed by atoms with Gasteiger partial charge in [0.25, 0.3) is 0 Å². The first-order valence-electron chi connectivity index (χ1n) is 6.12. The van der Waals surface area contributed by atoms with Crippen LogP contribution in [0.4, 0.5) is 0 Å². The number of hydrogen-bond donors (Lipinski definition) is 1. The lowest BCUT2D eigenvalue weighted by Crippen LogP contribution is -2.06. The number of nitrogens with one attached hydrogen (secondary N) is 1. The standard InChI is InChI=1S/C16H18ClN/c1-11-4-6-15(12(2)8-11)16-7-5-14(17)9-13(16)10-18-3/h4-9,18H,10H2,1-3H3. The van der Waals surface area contributed by atoms with E-state index < -0.39 is 0 Å². The van der Waals surface area contributed by atoms with E-state index in [-0.39, 0.29) is 0 Å². The van der Waals surface area contributed by atoms with Gasteiger partial charge in [-0.25, -0.2) is 0 Å². The minimum absolute atomic E-state index is 0.786. The first kappa shape index (κ1) is 13.1. The molecule has 1 nitrogen and oxygen atoms in total. The zero-order valence-corrected chi connectivity index (χ0v) is 11.8. The van der Waals surface area contributed by atoms with Gasteiger partial charge in [0.05, 0.1) is 0 Å². The fourth-order valence-electron chi connectivity index (χ4n) is 2.28. The van der Waals surface area contributed by atoms with E-state index in [2.05, 4.69) is 43.4 Å². The van der Waals surface area contributed by atoms with Crippen LogP contribution in [0.3, 0.4) is 0 Å². The molecule has 18 heavy (non-hydrogen) atoms. The number of benzene rings is 2. The molecular formula is C16H18ClN. The molecule has 0 spiro atoms. The summed E-state index contributed by atoms with van der Waals surface area (Å²) in [5.74, 6) is 0. The molecule has 0 heterocycles. The van der Waals surface area contributed by atoms with Gasteiger partial charge in [-0.2, -0.15) is 0 Å². The Morgan fingerprint density at radius 2 is 1.72 bits per heavy atom. The van der Waals surface area contributed by atoms with Gasteiger partial charge in [0.1, 0.15) is 0 Å². The molecule has 0 aliphatic rings. The van der Waals surface area contributed by atoms with Crippen LogP contribution < -0.4 is 5.32 Å². The third-order valence-electron chi connectivity index (χ3n) is 3.11. The average Bonchev–Trinajstić information content (AvgIpc) is 2.31. The van der Waals surface area contributed by atoms with Gasteiger partial charge in [0, 0.05) is 11.6 Å². The van der Waals surface area contributed by atoms with E-state index in [1.807, 2.05) is 19.2 Å². The van der Waals surface area contributed by atoms with E-state index in [0.29, 0.717) is 0 Å². The van der Waals surface area contributed by atoms with Gasteiger partial charge >= 0.3 is 0 Å². The molecule has 0 aromatic heterocycles. The summed E-state index contributed by atoms with van der Waals surface area (Å²) in [6.07, 6.45) is 0. The van der Waals surface area contributed by atoms with Gasteiger partial charge in [-0.05, 0) is 55.3 Å². The van der Waals surface area contributed by atoms with Crippen LogP contribution in [0.2, 0.25) is 5.02 Å². The molecule has 0 aliphatic carbocycles. The highest BCUT2D eigenvalue weighted by molar-refractivity contribution is 6.30. The van der Waals surface area contributed by atoms with Crippen LogP contribution >= 0.6 is 11.6 Å². The highest BCUT2D eigenvalue weighted by atomic mass is 35.5. The normalized spacial score (nSPS) is 10.7. The van der Waals surface area contributed by atoms with Crippen LogP contribution in [0.1, 0.15) is 16.7 Å². The summed E-state index contributed by atoms with van der Waals surface area (Å²) in [6, 6.07) is 12.6. The Balaban J connectivity index is 2.55. The molecule has 0 radical (unpaired) electrons. The summed E-state index contributed by atoms with van der Waals surface area (Å²) in [5.41, 5.74) is 6.36. The summed E-state index contributed by atoms with van der Waals surface area (Å²) in [7, 11) is 1.95. The number of hydrogen-bond acceptors (Lipinski definition) is 1. The van der Waals surface area contributed by atoms with Crippen LogP contribution in [0.25, 0.3) is 11.1 Å². The number of aryl methyl sites for hydroxylation is 2. The Labute approximate surface area is 114 Å². The lowest BCUT2D eigenvalue weighted by Gasteiger charge is -2.13. The molecule has 2 heteroatoms. The molecule has 1 N–H and O–H groups in total. The van der Waals surface area contributed by atoms with Crippen molar-refractivity contribution < 1.29 is 0 Å². The smallest absolute Gasteiger partial charge is 0.0409 e. The van der Waals surface area contributed by atoms with E-state index in [1.54, 1.807) is 0 Å². The van der Waals surface area contributed by atoms with Gasteiger partial charge in [-0.3, -0.25) is 0 Å². The molecule has 94 valence electrons. The van der Waals surface area contributed by atoms with Crippen LogP contribution in [0.15, 0.2) is 36.4 Å². The third kappa shape index (κ3) is 2.74. The lowest BCUT2D eigenvalue weighted by atomic mass is 9.95. The molecular weight excluding hydrogens is 242 g/mol. The molecule has 2 aromatic carbocycles. The molecule has 0 saturated heterocycles. The van der Waals surface area contributed by atoms with Crippen molar-refractivity contribution in [2.24, 2.45) is 0 Å². The Kier molecular flexibility index (Phi) is 4.05. The quantitative estimate of drug-likeness (QED) is 0.865. The van der Waals surface area contributed by atoms with E-state index in [9.17, 15) is 0 Å². The second-order valence-electron chi connectivity index (χ2n) is 4.65. The summed E-state index contributed by atoms with van der Waals surface area (Å²) < 4.78 is 0. The number of rotatable bonds is 3. The Hall–Kier alpha value is -1.31. The molecule has 0 amide bonds. The summed E-state index contributed by atoms with van der Waals surface area (Å²) in [4.78, 5) is 0. The number of halogens is 1. The first-order chi connectivity index (χ1) is 8.61. The molecule has 0 fully saturated rings. The predicted molar refractivity (Wildman–Crippen MR) is 79.1 cm³/mol. The van der Waals surface area contributed by atoms with Crippen LogP contribution in [0.5, 0.6) is 0 Å². The van der Waals surface area contributed by atoms with E-state index >= 15 is 0 Å². The molecule has 0 aliphatic heterocycles. The molecule has 0 atom stereocenters. The third-order valence-corrected chi connectivity index (χ3v) is 3.34. The van der Waals surface area contributed by atoms with Crippen molar-refractivity contribution in [3.8, 4) is 11.1 Å². The van der Waals surface area contributed by atoms with Crippen LogP contribution in [-0.2, 0) is 6.54 Å². The summed E-state index contributed by atoms with van der Waals surface area (Å²) in [5, 5.41) is 3.98. The second-order valence-corrected chi connectivity index (χ2v) is 5.09. The Morgan fingerprint density at radius 1 is 1.00 bits per heavy atom. The largest absolute Gasteiger partial charge is 0.316 e. The zero-order chi connectivity index (χ0) is 13.1. The Bertz CT molecular complexity index is 561. The molecule has 2 rings (SSSR count). The lowest BCUT2D eigenvalue weighted by molar-refractivity contribution is 0.819. The monoisotopic (exact) mass is 259 g/mol. The first-order valence-corrected chi connectivity index (χ1v) is 6.50. The van der Waals surface area contributed by atoms with Gasteiger partial charge in [-0.15, -0.1) is 0 Å².